The Balaban J connectivity index is 1.56. The number of carbonyl (C=O) groups excluding carboxylic acids is 4. The van der Waals surface area contributed by atoms with Crippen LogP contribution >= 0.6 is 23.1 Å². The molecule has 2 amide bonds. The van der Waals surface area contributed by atoms with Crippen molar-refractivity contribution in [1.82, 2.24) is 5.32 Å². The monoisotopic (exact) mass is 490 g/mol. The number of rotatable bonds is 9. The molecule has 1 aliphatic carbocycles. The zero-order chi connectivity index (χ0) is 24.0. The number of nitrogens with one attached hydrogen (secondary N) is 2. The van der Waals surface area contributed by atoms with Gasteiger partial charge >= 0.3 is 11.9 Å². The largest absolute Gasteiger partial charge is 0.462 e. The van der Waals surface area contributed by atoms with Gasteiger partial charge in [-0.15, -0.1) is 23.1 Å². The number of thiophene rings is 1. The van der Waals surface area contributed by atoms with Gasteiger partial charge in [0.05, 0.1) is 22.8 Å². The van der Waals surface area contributed by atoms with Crippen molar-refractivity contribution in [2.24, 2.45) is 0 Å². The molecule has 0 bridgehead atoms. The number of amides is 2. The zero-order valence-corrected chi connectivity index (χ0v) is 20.4. The molecule has 3 rings (SSSR count). The maximum atomic E-state index is 12.4. The van der Waals surface area contributed by atoms with Crippen molar-refractivity contribution in [1.29, 1.82) is 0 Å². The van der Waals surface area contributed by atoms with E-state index in [0.29, 0.717) is 10.4 Å². The van der Waals surface area contributed by atoms with Gasteiger partial charge in [-0.3, -0.25) is 14.4 Å². The van der Waals surface area contributed by atoms with E-state index >= 15 is 0 Å². The maximum Gasteiger partial charge on any atom is 0.341 e. The number of aryl methyl sites for hydroxylation is 2. The normalized spacial score (nSPS) is 12.1. The minimum atomic E-state index is -0.639. The Morgan fingerprint density at radius 3 is 2.61 bits per heavy atom. The van der Waals surface area contributed by atoms with E-state index in [4.69, 9.17) is 9.47 Å². The summed E-state index contributed by atoms with van der Waals surface area (Å²) < 4.78 is 10.1. The van der Waals surface area contributed by atoms with Gasteiger partial charge in [0.2, 0.25) is 0 Å². The molecule has 33 heavy (non-hydrogen) atoms. The summed E-state index contributed by atoms with van der Waals surface area (Å²) in [4.78, 5) is 50.2. The lowest BCUT2D eigenvalue weighted by molar-refractivity contribution is -0.144. The lowest BCUT2D eigenvalue weighted by atomic mass is 10.1. The highest BCUT2D eigenvalue weighted by atomic mass is 32.2. The summed E-state index contributed by atoms with van der Waals surface area (Å²) in [5, 5.41) is 5.24. The average molecular weight is 491 g/mol. The number of ether oxygens (including phenoxy) is 2. The van der Waals surface area contributed by atoms with Gasteiger partial charge in [0, 0.05) is 11.9 Å². The number of carbonyl (C=O) groups is 4. The number of benzene rings is 1. The minimum Gasteiger partial charge on any atom is -0.462 e. The molecule has 176 valence electrons. The van der Waals surface area contributed by atoms with Crippen molar-refractivity contribution < 1.29 is 28.7 Å². The van der Waals surface area contributed by atoms with Crippen LogP contribution in [0, 0.1) is 6.92 Å². The Morgan fingerprint density at radius 1 is 1.12 bits per heavy atom. The van der Waals surface area contributed by atoms with E-state index in [9.17, 15) is 19.2 Å². The van der Waals surface area contributed by atoms with Crippen molar-refractivity contribution in [2.45, 2.75) is 38.0 Å². The summed E-state index contributed by atoms with van der Waals surface area (Å²) in [6, 6.07) is 6.20. The smallest absolute Gasteiger partial charge is 0.341 e. The molecule has 8 nitrogen and oxygen atoms in total. The summed E-state index contributed by atoms with van der Waals surface area (Å²) in [7, 11) is 1.48. The third-order valence-electron chi connectivity index (χ3n) is 5.10. The number of thioether (sulfide) groups is 1. The highest BCUT2D eigenvalue weighted by Crippen LogP contribution is 2.34. The summed E-state index contributed by atoms with van der Waals surface area (Å²) >= 11 is 2.33. The molecular weight excluding hydrogens is 464 g/mol. The molecule has 1 aliphatic rings. The Kier molecular flexibility index (Phi) is 8.51. The topological polar surface area (TPSA) is 111 Å². The lowest BCUT2D eigenvalue weighted by Gasteiger charge is -2.08. The fraction of sp³-hybridized carbons (Fsp3) is 0.391. The van der Waals surface area contributed by atoms with Gasteiger partial charge in [-0.2, -0.15) is 0 Å². The van der Waals surface area contributed by atoms with Gasteiger partial charge in [-0.05, 0) is 61.9 Å². The first-order valence-electron chi connectivity index (χ1n) is 10.6. The summed E-state index contributed by atoms with van der Waals surface area (Å²) in [6.07, 6.45) is 3.32. The number of anilines is 1. The van der Waals surface area contributed by atoms with Crippen LogP contribution in [0.5, 0.6) is 0 Å². The van der Waals surface area contributed by atoms with E-state index in [1.54, 1.807) is 13.8 Å². The van der Waals surface area contributed by atoms with Crippen molar-refractivity contribution in [3.05, 3.63) is 45.3 Å². The Bertz CT molecular complexity index is 1080. The van der Waals surface area contributed by atoms with Crippen molar-refractivity contribution in [3.8, 4) is 0 Å². The summed E-state index contributed by atoms with van der Waals surface area (Å²) in [6.45, 7) is 2.92. The van der Waals surface area contributed by atoms with Gasteiger partial charge in [0.1, 0.15) is 5.00 Å². The van der Waals surface area contributed by atoms with E-state index in [1.807, 2.05) is 6.07 Å². The number of hydrogen-bond acceptors (Lipinski definition) is 8. The molecule has 0 unspecified atom stereocenters. The molecule has 0 saturated carbocycles. The van der Waals surface area contributed by atoms with Gasteiger partial charge < -0.3 is 20.1 Å². The van der Waals surface area contributed by atoms with Crippen LogP contribution < -0.4 is 10.6 Å². The van der Waals surface area contributed by atoms with Crippen LogP contribution in [0.2, 0.25) is 0 Å². The third-order valence-corrected chi connectivity index (χ3v) is 7.28. The molecule has 10 heteroatoms. The van der Waals surface area contributed by atoms with Crippen molar-refractivity contribution in [3.63, 3.8) is 0 Å². The number of fused-ring (bicyclic) bond motifs is 1. The van der Waals surface area contributed by atoms with Crippen LogP contribution in [0.25, 0.3) is 0 Å². The predicted molar refractivity (Wildman–Crippen MR) is 127 cm³/mol. The standard InChI is InChI=1S/C23H26N2O6S2/c1-4-30-23(29)19-13(2)20(21(28)24-3)33-22(19)25-17(26)11-31-18(27)12-32-16-9-8-14-6-5-7-15(14)10-16/h8-10H,4-7,11-12H2,1-3H3,(H,24,28)(H,25,26). The van der Waals surface area contributed by atoms with Crippen molar-refractivity contribution in [2.75, 3.05) is 31.3 Å². The van der Waals surface area contributed by atoms with Gasteiger partial charge in [-0.25, -0.2) is 4.79 Å². The molecule has 1 aromatic carbocycles. The van der Waals surface area contributed by atoms with Crippen LogP contribution in [-0.4, -0.2) is 49.8 Å². The molecule has 1 aromatic heterocycles. The lowest BCUT2D eigenvalue weighted by Crippen LogP contribution is -2.22. The van der Waals surface area contributed by atoms with Crippen LogP contribution in [0.3, 0.4) is 0 Å². The second kappa shape index (κ2) is 11.3. The molecule has 0 saturated heterocycles. The molecule has 0 atom stereocenters. The fourth-order valence-corrected chi connectivity index (χ4v) is 5.43. The van der Waals surface area contributed by atoms with E-state index < -0.39 is 24.5 Å². The molecule has 0 fully saturated rings. The quantitative estimate of drug-likeness (QED) is 0.410. The van der Waals surface area contributed by atoms with Crippen LogP contribution in [0.1, 0.15) is 50.1 Å². The SMILES string of the molecule is CCOC(=O)c1c(NC(=O)COC(=O)CSc2ccc3c(c2)CCC3)sc(C(=O)NC)c1C. The second-order valence-electron chi connectivity index (χ2n) is 7.34. The van der Waals surface area contributed by atoms with E-state index in [2.05, 4.69) is 22.8 Å². The van der Waals surface area contributed by atoms with Gasteiger partial charge in [0.25, 0.3) is 11.8 Å². The molecule has 0 spiro atoms. The Morgan fingerprint density at radius 2 is 1.88 bits per heavy atom. The average Bonchev–Trinajstić information content (AvgIpc) is 3.39. The first-order valence-corrected chi connectivity index (χ1v) is 12.4. The van der Waals surface area contributed by atoms with Gasteiger partial charge in [-0.1, -0.05) is 6.07 Å². The minimum absolute atomic E-state index is 0.0824. The predicted octanol–water partition coefficient (Wildman–Crippen LogP) is 3.36. The molecule has 2 aromatic rings. The fourth-order valence-electron chi connectivity index (χ4n) is 3.51. The van der Waals surface area contributed by atoms with Crippen LogP contribution in [-0.2, 0) is 31.9 Å². The maximum absolute atomic E-state index is 12.4. The third kappa shape index (κ3) is 6.14. The van der Waals surface area contributed by atoms with E-state index in [1.165, 1.54) is 29.9 Å². The van der Waals surface area contributed by atoms with Crippen LogP contribution in [0.4, 0.5) is 5.00 Å². The van der Waals surface area contributed by atoms with Crippen molar-refractivity contribution >= 4 is 51.9 Å². The molecule has 2 N–H and O–H groups in total. The Hall–Kier alpha value is -2.85. The molecular formula is C23H26N2O6S2. The first kappa shape index (κ1) is 24.8. The summed E-state index contributed by atoms with van der Waals surface area (Å²) in [5.41, 5.74) is 3.22. The van der Waals surface area contributed by atoms with Gasteiger partial charge in [0.15, 0.2) is 6.61 Å². The highest BCUT2D eigenvalue weighted by Gasteiger charge is 2.26. The summed E-state index contributed by atoms with van der Waals surface area (Å²) in [5.74, 6) is -2.06. The number of esters is 2. The first-order chi connectivity index (χ1) is 15.8. The molecule has 0 aliphatic heterocycles. The van der Waals surface area contributed by atoms with Crippen LogP contribution in [0.15, 0.2) is 23.1 Å². The Labute approximate surface area is 200 Å². The molecule has 0 radical (unpaired) electrons. The second-order valence-corrected chi connectivity index (χ2v) is 9.41. The number of hydrogen-bond donors (Lipinski definition) is 2. The van der Waals surface area contributed by atoms with E-state index in [0.717, 1.165) is 35.5 Å². The highest BCUT2D eigenvalue weighted by molar-refractivity contribution is 8.00. The van der Waals surface area contributed by atoms with E-state index in [-0.39, 0.29) is 28.8 Å². The zero-order valence-electron chi connectivity index (χ0n) is 18.7. The molecule has 1 heterocycles.